The zero-order valence-electron chi connectivity index (χ0n) is 12.4. The van der Waals surface area contributed by atoms with Crippen molar-refractivity contribution in [1.82, 2.24) is 10.3 Å². The van der Waals surface area contributed by atoms with Gasteiger partial charge in [-0.25, -0.2) is 9.78 Å². The van der Waals surface area contributed by atoms with E-state index in [0.29, 0.717) is 11.6 Å². The van der Waals surface area contributed by atoms with Gasteiger partial charge in [0, 0.05) is 0 Å². The van der Waals surface area contributed by atoms with Crippen LogP contribution in [0.3, 0.4) is 0 Å². The molecule has 0 spiro atoms. The Balaban J connectivity index is 2.10. The molecule has 0 saturated heterocycles. The number of nitrogens with one attached hydrogen (secondary N) is 2. The molecular weight excluding hydrogens is 320 g/mol. The van der Waals surface area contributed by atoms with Gasteiger partial charge in [0.05, 0.1) is 10.2 Å². The zero-order valence-corrected chi connectivity index (χ0v) is 14.0. The predicted molar refractivity (Wildman–Crippen MR) is 92.5 cm³/mol. The van der Waals surface area contributed by atoms with Gasteiger partial charge in [0.2, 0.25) is 5.91 Å². The number of hydrogen-bond acceptors (Lipinski definition) is 5. The number of anilines is 1. The first kappa shape index (κ1) is 16.6. The van der Waals surface area contributed by atoms with Crippen LogP contribution < -0.4 is 16.4 Å². The van der Waals surface area contributed by atoms with E-state index in [2.05, 4.69) is 15.6 Å². The summed E-state index contributed by atoms with van der Waals surface area (Å²) in [6.45, 7) is 2.01. The SMILES string of the molecule is CSCCC(NC(N)=O)C(=O)Nc1nc2ccc(C)cc2s1. The van der Waals surface area contributed by atoms with E-state index in [1.165, 1.54) is 11.3 Å². The van der Waals surface area contributed by atoms with Crippen molar-refractivity contribution < 1.29 is 9.59 Å². The first-order chi connectivity index (χ1) is 10.5. The lowest BCUT2D eigenvalue weighted by Gasteiger charge is -2.15. The molecule has 4 N–H and O–H groups in total. The third-order valence-corrected chi connectivity index (χ3v) is 4.60. The zero-order chi connectivity index (χ0) is 16.1. The van der Waals surface area contributed by atoms with E-state index in [1.54, 1.807) is 11.8 Å². The van der Waals surface area contributed by atoms with Crippen LogP contribution in [0.5, 0.6) is 0 Å². The van der Waals surface area contributed by atoms with E-state index in [0.717, 1.165) is 21.5 Å². The van der Waals surface area contributed by atoms with Crippen LogP contribution in [0.2, 0.25) is 0 Å². The topological polar surface area (TPSA) is 97.1 Å². The van der Waals surface area contributed by atoms with Gasteiger partial charge in [0.25, 0.3) is 0 Å². The second-order valence-corrected chi connectivity index (χ2v) is 6.84. The van der Waals surface area contributed by atoms with Gasteiger partial charge in [-0.05, 0) is 43.0 Å². The van der Waals surface area contributed by atoms with Gasteiger partial charge in [-0.3, -0.25) is 4.79 Å². The number of thioether (sulfide) groups is 1. The number of rotatable bonds is 6. The number of aryl methyl sites for hydroxylation is 1. The smallest absolute Gasteiger partial charge is 0.312 e. The van der Waals surface area contributed by atoms with Gasteiger partial charge in [-0.15, -0.1) is 0 Å². The number of nitrogens with two attached hydrogens (primary N) is 1. The summed E-state index contributed by atoms with van der Waals surface area (Å²) in [6.07, 6.45) is 2.45. The van der Waals surface area contributed by atoms with E-state index in [9.17, 15) is 9.59 Å². The Bertz CT molecular complexity index is 687. The molecule has 0 aliphatic heterocycles. The average molecular weight is 338 g/mol. The summed E-state index contributed by atoms with van der Waals surface area (Å²) in [5.41, 5.74) is 7.11. The molecule has 22 heavy (non-hydrogen) atoms. The van der Waals surface area contributed by atoms with Crippen LogP contribution in [-0.4, -0.2) is 35.0 Å². The molecule has 1 aromatic carbocycles. The maximum atomic E-state index is 12.3. The molecular formula is C14H18N4O2S2. The van der Waals surface area contributed by atoms with Crippen LogP contribution in [0, 0.1) is 6.92 Å². The molecule has 1 aromatic heterocycles. The monoisotopic (exact) mass is 338 g/mol. The summed E-state index contributed by atoms with van der Waals surface area (Å²) in [5.74, 6) is 0.445. The number of nitrogens with zero attached hydrogens (tertiary/aromatic N) is 1. The number of urea groups is 1. The number of benzene rings is 1. The van der Waals surface area contributed by atoms with Gasteiger partial charge in [-0.1, -0.05) is 17.4 Å². The minimum absolute atomic E-state index is 0.302. The fourth-order valence-corrected chi connectivity index (χ4v) is 3.39. The Labute approximate surface area is 136 Å². The Morgan fingerprint density at radius 3 is 2.91 bits per heavy atom. The molecule has 0 saturated carbocycles. The molecule has 6 nitrogen and oxygen atoms in total. The number of thiazole rings is 1. The summed E-state index contributed by atoms with van der Waals surface area (Å²) >= 11 is 3.01. The molecule has 3 amide bonds. The molecule has 1 unspecified atom stereocenters. The molecule has 1 heterocycles. The van der Waals surface area contributed by atoms with E-state index < -0.39 is 12.1 Å². The van der Waals surface area contributed by atoms with Crippen LogP contribution in [0.4, 0.5) is 9.93 Å². The van der Waals surface area contributed by atoms with Gasteiger partial charge < -0.3 is 16.4 Å². The Morgan fingerprint density at radius 2 is 2.23 bits per heavy atom. The highest BCUT2D eigenvalue weighted by Crippen LogP contribution is 2.26. The van der Waals surface area contributed by atoms with E-state index in [-0.39, 0.29) is 5.91 Å². The first-order valence-corrected chi connectivity index (χ1v) is 8.93. The van der Waals surface area contributed by atoms with Gasteiger partial charge in [-0.2, -0.15) is 11.8 Å². The van der Waals surface area contributed by atoms with Crippen molar-refractivity contribution in [2.75, 3.05) is 17.3 Å². The Hall–Kier alpha value is -1.80. The lowest BCUT2D eigenvalue weighted by Crippen LogP contribution is -2.46. The van der Waals surface area contributed by atoms with Crippen molar-refractivity contribution in [3.8, 4) is 0 Å². The molecule has 0 radical (unpaired) electrons. The van der Waals surface area contributed by atoms with Crippen LogP contribution >= 0.6 is 23.1 Å². The molecule has 8 heteroatoms. The van der Waals surface area contributed by atoms with E-state index >= 15 is 0 Å². The van der Waals surface area contributed by atoms with Crippen molar-refractivity contribution in [2.24, 2.45) is 5.73 Å². The summed E-state index contributed by atoms with van der Waals surface area (Å²) in [7, 11) is 0. The largest absolute Gasteiger partial charge is 0.352 e. The minimum atomic E-state index is -0.707. The minimum Gasteiger partial charge on any atom is -0.352 e. The lowest BCUT2D eigenvalue weighted by molar-refractivity contribution is -0.117. The number of carbonyl (C=O) groups excluding carboxylic acids is 2. The first-order valence-electron chi connectivity index (χ1n) is 6.72. The number of fused-ring (bicyclic) bond motifs is 1. The maximum absolute atomic E-state index is 12.3. The fourth-order valence-electron chi connectivity index (χ4n) is 1.95. The van der Waals surface area contributed by atoms with Crippen molar-refractivity contribution in [2.45, 2.75) is 19.4 Å². The van der Waals surface area contributed by atoms with Gasteiger partial charge >= 0.3 is 6.03 Å². The molecule has 2 rings (SSSR count). The summed E-state index contributed by atoms with van der Waals surface area (Å²) in [5, 5.41) is 5.74. The molecule has 118 valence electrons. The van der Waals surface area contributed by atoms with Crippen LogP contribution in [0.25, 0.3) is 10.2 Å². The van der Waals surface area contributed by atoms with Crippen LogP contribution in [0.1, 0.15) is 12.0 Å². The van der Waals surface area contributed by atoms with Gasteiger partial charge in [0.1, 0.15) is 6.04 Å². The Morgan fingerprint density at radius 1 is 1.45 bits per heavy atom. The third kappa shape index (κ3) is 4.35. The number of hydrogen-bond donors (Lipinski definition) is 3. The Kier molecular flexibility index (Phi) is 5.62. The highest BCUT2D eigenvalue weighted by atomic mass is 32.2. The van der Waals surface area contributed by atoms with Gasteiger partial charge in [0.15, 0.2) is 5.13 Å². The van der Waals surface area contributed by atoms with Crippen molar-refractivity contribution >= 4 is 50.4 Å². The number of carbonyl (C=O) groups is 2. The van der Waals surface area contributed by atoms with E-state index in [1.807, 2.05) is 31.4 Å². The standard InChI is InChI=1S/C14H18N4O2S2/c1-8-3-4-9-11(7-8)22-14(17-9)18-12(19)10(5-6-21-2)16-13(15)20/h3-4,7,10H,5-6H2,1-2H3,(H3,15,16,20)(H,17,18,19). The molecule has 0 aliphatic carbocycles. The summed E-state index contributed by atoms with van der Waals surface area (Å²) in [6, 6.07) is 4.56. The molecule has 0 fully saturated rings. The highest BCUT2D eigenvalue weighted by Gasteiger charge is 2.20. The summed E-state index contributed by atoms with van der Waals surface area (Å²) < 4.78 is 1.01. The highest BCUT2D eigenvalue weighted by molar-refractivity contribution is 7.98. The van der Waals surface area contributed by atoms with Crippen LogP contribution in [0.15, 0.2) is 18.2 Å². The average Bonchev–Trinajstić information content (AvgIpc) is 2.84. The molecule has 2 aromatic rings. The van der Waals surface area contributed by atoms with Crippen molar-refractivity contribution in [1.29, 1.82) is 0 Å². The molecule has 0 aliphatic rings. The maximum Gasteiger partial charge on any atom is 0.312 e. The van der Waals surface area contributed by atoms with E-state index in [4.69, 9.17) is 5.73 Å². The molecule has 1 atom stereocenters. The summed E-state index contributed by atoms with van der Waals surface area (Å²) in [4.78, 5) is 27.7. The van der Waals surface area contributed by atoms with Crippen molar-refractivity contribution in [3.63, 3.8) is 0 Å². The van der Waals surface area contributed by atoms with Crippen LogP contribution in [-0.2, 0) is 4.79 Å². The normalized spacial score (nSPS) is 12.1. The quantitative estimate of drug-likeness (QED) is 0.753. The predicted octanol–water partition coefficient (Wildman–Crippen LogP) is 2.33. The molecule has 0 bridgehead atoms. The van der Waals surface area contributed by atoms with Crippen molar-refractivity contribution in [3.05, 3.63) is 23.8 Å². The number of amides is 3. The fraction of sp³-hybridized carbons (Fsp3) is 0.357. The third-order valence-electron chi connectivity index (χ3n) is 3.02. The number of primary amides is 1. The lowest BCUT2D eigenvalue weighted by atomic mass is 10.2. The number of aromatic nitrogens is 1. The second-order valence-electron chi connectivity index (χ2n) is 4.82. The second kappa shape index (κ2) is 7.46.